The van der Waals surface area contributed by atoms with Crippen LogP contribution < -0.4 is 5.32 Å². The van der Waals surface area contributed by atoms with E-state index in [0.717, 1.165) is 9.75 Å². The van der Waals surface area contributed by atoms with Crippen LogP contribution in [0.4, 0.5) is 5.69 Å². The van der Waals surface area contributed by atoms with E-state index in [2.05, 4.69) is 21.2 Å². The van der Waals surface area contributed by atoms with E-state index >= 15 is 0 Å². The molecule has 2 N–H and O–H groups in total. The maximum Gasteiger partial charge on any atom is 0.336 e. The normalized spacial score (nSPS) is 10.3. The Morgan fingerprint density at radius 3 is 2.45 bits per heavy atom. The number of anilines is 1. The number of carbonyl (C=O) groups excluding carboxylic acids is 1. The molecule has 0 aliphatic rings. The minimum Gasteiger partial charge on any atom is -0.478 e. The van der Waals surface area contributed by atoms with Gasteiger partial charge in [0.05, 0.1) is 11.1 Å². The third-order valence-electron chi connectivity index (χ3n) is 2.74. The molecule has 6 heteroatoms. The van der Waals surface area contributed by atoms with Gasteiger partial charge in [0.25, 0.3) is 5.91 Å². The molecular weight excluding hydrogens is 342 g/mol. The first-order chi connectivity index (χ1) is 9.38. The van der Waals surface area contributed by atoms with Gasteiger partial charge in [0.2, 0.25) is 0 Å². The smallest absolute Gasteiger partial charge is 0.336 e. The van der Waals surface area contributed by atoms with Crippen molar-refractivity contribution in [1.29, 1.82) is 0 Å². The summed E-state index contributed by atoms with van der Waals surface area (Å²) in [5, 5.41) is 11.8. The van der Waals surface area contributed by atoms with Gasteiger partial charge in [-0.3, -0.25) is 4.79 Å². The second-order valence-corrected chi connectivity index (χ2v) is 6.60. The topological polar surface area (TPSA) is 66.4 Å². The van der Waals surface area contributed by atoms with Crippen LogP contribution in [0.3, 0.4) is 0 Å². The van der Waals surface area contributed by atoms with E-state index in [9.17, 15) is 9.59 Å². The Labute approximate surface area is 128 Å². The highest BCUT2D eigenvalue weighted by molar-refractivity contribution is 9.10. The zero-order chi connectivity index (χ0) is 14.9. The third-order valence-corrected chi connectivity index (χ3v) is 4.40. The van der Waals surface area contributed by atoms with Gasteiger partial charge in [-0.05, 0) is 54.0 Å². The summed E-state index contributed by atoms with van der Waals surface area (Å²) in [6.45, 7) is 3.83. The molecule has 0 bridgehead atoms. The molecule has 0 saturated carbocycles. The number of carbonyl (C=O) groups is 2. The first-order valence-electron chi connectivity index (χ1n) is 5.79. The molecule has 0 aliphatic heterocycles. The average molecular weight is 354 g/mol. The second-order valence-electron chi connectivity index (χ2n) is 4.28. The molecule has 2 aromatic rings. The lowest BCUT2D eigenvalue weighted by atomic mass is 10.2. The highest BCUT2D eigenvalue weighted by Crippen LogP contribution is 2.24. The van der Waals surface area contributed by atoms with E-state index in [1.807, 2.05) is 19.9 Å². The summed E-state index contributed by atoms with van der Waals surface area (Å²) in [5.74, 6) is -1.28. The highest BCUT2D eigenvalue weighted by Gasteiger charge is 2.14. The van der Waals surface area contributed by atoms with Crippen LogP contribution in [0.1, 0.15) is 30.5 Å². The molecule has 2 rings (SSSR count). The zero-order valence-corrected chi connectivity index (χ0v) is 13.3. The molecule has 0 aliphatic carbocycles. The van der Waals surface area contributed by atoms with E-state index in [4.69, 9.17) is 5.11 Å². The average Bonchev–Trinajstić information content (AvgIpc) is 2.70. The maximum atomic E-state index is 12.2. The summed E-state index contributed by atoms with van der Waals surface area (Å²) in [4.78, 5) is 25.2. The number of carboxylic acid groups (broad SMARTS) is 1. The van der Waals surface area contributed by atoms with Crippen molar-refractivity contribution in [3.05, 3.63) is 49.6 Å². The fourth-order valence-electron chi connectivity index (χ4n) is 1.82. The van der Waals surface area contributed by atoms with Crippen LogP contribution in [0.25, 0.3) is 0 Å². The molecule has 0 atom stereocenters. The Balaban J connectivity index is 2.26. The lowest BCUT2D eigenvalue weighted by Crippen LogP contribution is -2.12. The molecule has 20 heavy (non-hydrogen) atoms. The molecular formula is C14H12BrNO3S. The van der Waals surface area contributed by atoms with Gasteiger partial charge in [0, 0.05) is 19.9 Å². The Hall–Kier alpha value is -1.66. The molecule has 0 spiro atoms. The number of carboxylic acids is 1. The van der Waals surface area contributed by atoms with Gasteiger partial charge in [-0.25, -0.2) is 4.79 Å². The minimum absolute atomic E-state index is 0.112. The molecule has 1 aromatic carbocycles. The van der Waals surface area contributed by atoms with Crippen LogP contribution in [0, 0.1) is 13.8 Å². The number of thiophene rings is 1. The third kappa shape index (κ3) is 3.08. The Morgan fingerprint density at radius 1 is 1.20 bits per heavy atom. The summed E-state index contributed by atoms with van der Waals surface area (Å²) >= 11 is 4.72. The lowest BCUT2D eigenvalue weighted by molar-refractivity contribution is 0.0695. The van der Waals surface area contributed by atoms with Crippen molar-refractivity contribution in [2.75, 3.05) is 5.32 Å². The SMILES string of the molecule is Cc1cc(C(=O)Nc2ccc(Br)c(C(=O)O)c2)c(C)s1. The number of halogens is 1. The van der Waals surface area contributed by atoms with E-state index < -0.39 is 5.97 Å². The van der Waals surface area contributed by atoms with Crippen molar-refractivity contribution < 1.29 is 14.7 Å². The van der Waals surface area contributed by atoms with Gasteiger partial charge < -0.3 is 10.4 Å². The first kappa shape index (κ1) is 14.7. The fraction of sp³-hybridized carbons (Fsp3) is 0.143. The number of aromatic carboxylic acids is 1. The maximum absolute atomic E-state index is 12.2. The standard InChI is InChI=1S/C14H12BrNO3S/c1-7-5-10(8(2)20-7)13(17)16-9-3-4-12(15)11(6-9)14(18)19/h3-6H,1-2H3,(H,16,17)(H,18,19). The number of aryl methyl sites for hydroxylation is 2. The van der Waals surface area contributed by atoms with Gasteiger partial charge in [-0.2, -0.15) is 0 Å². The Bertz CT molecular complexity index is 694. The molecule has 104 valence electrons. The van der Waals surface area contributed by atoms with E-state index in [-0.39, 0.29) is 11.5 Å². The predicted octanol–water partition coefficient (Wildman–Crippen LogP) is 4.08. The van der Waals surface area contributed by atoms with E-state index in [1.54, 1.807) is 23.5 Å². The van der Waals surface area contributed by atoms with E-state index in [1.165, 1.54) is 6.07 Å². The lowest BCUT2D eigenvalue weighted by Gasteiger charge is -2.07. The van der Waals surface area contributed by atoms with Crippen LogP contribution >= 0.6 is 27.3 Å². The van der Waals surface area contributed by atoms with Gasteiger partial charge in [-0.1, -0.05) is 0 Å². The monoisotopic (exact) mass is 353 g/mol. The quantitative estimate of drug-likeness (QED) is 0.873. The van der Waals surface area contributed by atoms with Gasteiger partial charge in [0.15, 0.2) is 0 Å². The van der Waals surface area contributed by atoms with Gasteiger partial charge in [-0.15, -0.1) is 11.3 Å². The van der Waals surface area contributed by atoms with Crippen molar-refractivity contribution in [3.8, 4) is 0 Å². The largest absolute Gasteiger partial charge is 0.478 e. The summed E-state index contributed by atoms with van der Waals surface area (Å²) in [6.07, 6.45) is 0. The van der Waals surface area contributed by atoms with Crippen LogP contribution in [-0.2, 0) is 0 Å². The fourth-order valence-corrected chi connectivity index (χ4v) is 3.16. The molecule has 1 amide bonds. The van der Waals surface area contributed by atoms with Crippen LogP contribution in [-0.4, -0.2) is 17.0 Å². The summed E-state index contributed by atoms with van der Waals surface area (Å²) in [7, 11) is 0. The highest BCUT2D eigenvalue weighted by atomic mass is 79.9. The number of benzene rings is 1. The molecule has 1 aromatic heterocycles. The van der Waals surface area contributed by atoms with E-state index in [0.29, 0.717) is 15.7 Å². The van der Waals surface area contributed by atoms with Crippen LogP contribution in [0.15, 0.2) is 28.7 Å². The first-order valence-corrected chi connectivity index (χ1v) is 7.40. The summed E-state index contributed by atoms with van der Waals surface area (Å²) in [5.41, 5.74) is 1.19. The summed E-state index contributed by atoms with van der Waals surface area (Å²) < 4.78 is 0.477. The number of rotatable bonds is 3. The minimum atomic E-state index is -1.05. The zero-order valence-electron chi connectivity index (χ0n) is 10.9. The molecule has 0 radical (unpaired) electrons. The number of hydrogen-bond donors (Lipinski definition) is 2. The molecule has 1 heterocycles. The van der Waals surface area contributed by atoms with Crippen molar-refractivity contribution in [2.24, 2.45) is 0 Å². The van der Waals surface area contributed by atoms with Crippen LogP contribution in [0.2, 0.25) is 0 Å². The predicted molar refractivity (Wildman–Crippen MR) is 82.8 cm³/mol. The van der Waals surface area contributed by atoms with Gasteiger partial charge in [0.1, 0.15) is 0 Å². The van der Waals surface area contributed by atoms with Crippen molar-refractivity contribution in [1.82, 2.24) is 0 Å². The second kappa shape index (κ2) is 5.76. The molecule has 0 saturated heterocycles. The van der Waals surface area contributed by atoms with Crippen molar-refractivity contribution in [3.63, 3.8) is 0 Å². The van der Waals surface area contributed by atoms with Gasteiger partial charge >= 0.3 is 5.97 Å². The number of hydrogen-bond acceptors (Lipinski definition) is 3. The Kier molecular flexibility index (Phi) is 4.25. The Morgan fingerprint density at radius 2 is 1.90 bits per heavy atom. The number of amides is 1. The summed E-state index contributed by atoms with van der Waals surface area (Å²) in [6, 6.07) is 6.51. The van der Waals surface area contributed by atoms with Crippen molar-refractivity contribution >= 4 is 44.8 Å². The molecule has 4 nitrogen and oxygen atoms in total. The molecule has 0 unspecified atom stereocenters. The van der Waals surface area contributed by atoms with Crippen LogP contribution in [0.5, 0.6) is 0 Å². The van der Waals surface area contributed by atoms with Crippen molar-refractivity contribution in [2.45, 2.75) is 13.8 Å². The number of nitrogens with one attached hydrogen (secondary N) is 1. The molecule has 0 fully saturated rings.